The Morgan fingerprint density at radius 2 is 2.05 bits per heavy atom. The minimum atomic E-state index is -0.724. The first kappa shape index (κ1) is 16.5. The van der Waals surface area contributed by atoms with Crippen LogP contribution in [0.15, 0.2) is 30.3 Å². The summed E-state index contributed by atoms with van der Waals surface area (Å²) < 4.78 is 5.43. The first-order valence-electron chi connectivity index (χ1n) is 7.57. The third kappa shape index (κ3) is 4.54. The molecule has 0 spiro atoms. The number of aliphatic hydroxyl groups excluding tert-OH is 1. The topological polar surface area (TPSA) is 87.7 Å². The Morgan fingerprint density at radius 1 is 1.27 bits per heavy atom. The Labute approximate surface area is 129 Å². The summed E-state index contributed by atoms with van der Waals surface area (Å²) in [6, 6.07) is 8.85. The smallest absolute Gasteiger partial charge is 0.251 e. The molecule has 0 saturated carbocycles. The van der Waals surface area contributed by atoms with E-state index in [4.69, 9.17) is 9.84 Å². The lowest BCUT2D eigenvalue weighted by Gasteiger charge is -2.31. The fourth-order valence-corrected chi connectivity index (χ4v) is 2.42. The van der Waals surface area contributed by atoms with Gasteiger partial charge in [0.25, 0.3) is 5.91 Å². The van der Waals surface area contributed by atoms with E-state index in [-0.39, 0.29) is 25.0 Å². The van der Waals surface area contributed by atoms with E-state index in [1.807, 2.05) is 30.3 Å². The van der Waals surface area contributed by atoms with Crippen molar-refractivity contribution in [3.8, 4) is 0 Å². The summed E-state index contributed by atoms with van der Waals surface area (Å²) in [5.74, 6) is -0.446. The molecule has 6 heteroatoms. The van der Waals surface area contributed by atoms with Gasteiger partial charge in [-0.3, -0.25) is 9.59 Å². The Kier molecular flexibility index (Phi) is 6.36. The summed E-state index contributed by atoms with van der Waals surface area (Å²) >= 11 is 0. The van der Waals surface area contributed by atoms with Gasteiger partial charge in [0.15, 0.2) is 6.10 Å². The maximum atomic E-state index is 12.3. The summed E-state index contributed by atoms with van der Waals surface area (Å²) in [5, 5.41) is 14.4. The number of hydrogen-bond acceptors (Lipinski definition) is 4. The molecule has 1 aromatic rings. The maximum Gasteiger partial charge on any atom is 0.251 e. The van der Waals surface area contributed by atoms with Crippen molar-refractivity contribution in [1.29, 1.82) is 0 Å². The van der Waals surface area contributed by atoms with Crippen LogP contribution in [-0.2, 0) is 14.3 Å². The molecule has 2 unspecified atom stereocenters. The molecule has 2 amide bonds. The monoisotopic (exact) mass is 306 g/mol. The number of amides is 2. The van der Waals surface area contributed by atoms with Crippen molar-refractivity contribution in [1.82, 2.24) is 10.6 Å². The van der Waals surface area contributed by atoms with Gasteiger partial charge in [-0.1, -0.05) is 30.3 Å². The lowest BCUT2D eigenvalue weighted by Crippen LogP contribution is -2.52. The van der Waals surface area contributed by atoms with Gasteiger partial charge in [0.2, 0.25) is 5.91 Å². The van der Waals surface area contributed by atoms with E-state index in [0.717, 1.165) is 24.8 Å². The van der Waals surface area contributed by atoms with Crippen molar-refractivity contribution in [3.05, 3.63) is 35.9 Å². The SMILES string of the molecule is O=C1COC(C(=O)NCCCCCO)C(c2ccccc2)N1. The fourth-order valence-electron chi connectivity index (χ4n) is 2.42. The van der Waals surface area contributed by atoms with Crippen molar-refractivity contribution in [2.45, 2.75) is 31.4 Å². The van der Waals surface area contributed by atoms with Gasteiger partial charge in [-0.15, -0.1) is 0 Å². The van der Waals surface area contributed by atoms with E-state index in [1.165, 1.54) is 0 Å². The highest BCUT2D eigenvalue weighted by atomic mass is 16.5. The molecule has 3 N–H and O–H groups in total. The highest BCUT2D eigenvalue weighted by Crippen LogP contribution is 2.22. The zero-order chi connectivity index (χ0) is 15.8. The van der Waals surface area contributed by atoms with E-state index >= 15 is 0 Å². The van der Waals surface area contributed by atoms with E-state index in [9.17, 15) is 9.59 Å². The van der Waals surface area contributed by atoms with Gasteiger partial charge >= 0.3 is 0 Å². The zero-order valence-electron chi connectivity index (χ0n) is 12.5. The predicted molar refractivity (Wildman–Crippen MR) is 81.0 cm³/mol. The number of carbonyl (C=O) groups excluding carboxylic acids is 2. The summed E-state index contributed by atoms with van der Waals surface area (Å²) in [4.78, 5) is 23.8. The van der Waals surface area contributed by atoms with Crippen LogP contribution in [0.3, 0.4) is 0 Å². The van der Waals surface area contributed by atoms with Crippen LogP contribution in [0.4, 0.5) is 0 Å². The number of nitrogens with one attached hydrogen (secondary N) is 2. The van der Waals surface area contributed by atoms with Crippen molar-refractivity contribution in [2.75, 3.05) is 19.8 Å². The molecular formula is C16H22N2O4. The Bertz CT molecular complexity index is 492. The highest BCUT2D eigenvalue weighted by Gasteiger charge is 2.35. The van der Waals surface area contributed by atoms with E-state index in [2.05, 4.69) is 10.6 Å². The largest absolute Gasteiger partial charge is 0.396 e. The molecule has 1 aromatic carbocycles. The van der Waals surface area contributed by atoms with Gasteiger partial charge in [0.1, 0.15) is 6.61 Å². The molecule has 0 aromatic heterocycles. The summed E-state index contributed by atoms with van der Waals surface area (Å²) in [7, 11) is 0. The second kappa shape index (κ2) is 8.51. The average molecular weight is 306 g/mol. The van der Waals surface area contributed by atoms with Crippen molar-refractivity contribution in [3.63, 3.8) is 0 Å². The number of ether oxygens (including phenoxy) is 1. The standard InChI is InChI=1S/C16H22N2O4/c19-10-6-2-5-9-17-16(21)15-14(18-13(20)11-22-15)12-7-3-1-4-8-12/h1,3-4,7-8,14-15,19H,2,5-6,9-11H2,(H,17,21)(H,18,20). The quantitative estimate of drug-likeness (QED) is 0.641. The molecule has 0 radical (unpaired) electrons. The van der Waals surface area contributed by atoms with Crippen molar-refractivity contribution >= 4 is 11.8 Å². The van der Waals surface area contributed by atoms with Gasteiger partial charge in [-0.2, -0.15) is 0 Å². The highest BCUT2D eigenvalue weighted by molar-refractivity contribution is 5.86. The second-order valence-corrected chi connectivity index (χ2v) is 5.26. The van der Waals surface area contributed by atoms with Crippen LogP contribution < -0.4 is 10.6 Å². The van der Waals surface area contributed by atoms with Gasteiger partial charge in [-0.05, 0) is 24.8 Å². The molecule has 2 rings (SSSR count). The molecule has 2 atom stereocenters. The van der Waals surface area contributed by atoms with Crippen LogP contribution in [0.25, 0.3) is 0 Å². The Balaban J connectivity index is 1.94. The minimum absolute atomic E-state index is 0.105. The molecule has 6 nitrogen and oxygen atoms in total. The number of rotatable bonds is 7. The lowest BCUT2D eigenvalue weighted by atomic mass is 9.99. The van der Waals surface area contributed by atoms with E-state index in [0.29, 0.717) is 6.54 Å². The van der Waals surface area contributed by atoms with E-state index in [1.54, 1.807) is 0 Å². The number of morpholine rings is 1. The van der Waals surface area contributed by atoms with Crippen LogP contribution in [0, 0.1) is 0 Å². The molecule has 1 fully saturated rings. The lowest BCUT2D eigenvalue weighted by molar-refractivity contribution is -0.148. The third-order valence-corrected chi connectivity index (χ3v) is 3.56. The van der Waals surface area contributed by atoms with Crippen molar-refractivity contribution < 1.29 is 19.4 Å². The first-order valence-corrected chi connectivity index (χ1v) is 7.57. The Hall–Kier alpha value is -1.92. The zero-order valence-corrected chi connectivity index (χ0v) is 12.5. The van der Waals surface area contributed by atoms with Crippen LogP contribution in [0.5, 0.6) is 0 Å². The number of hydrogen-bond donors (Lipinski definition) is 3. The number of carbonyl (C=O) groups is 2. The molecule has 1 heterocycles. The number of benzene rings is 1. The maximum absolute atomic E-state index is 12.3. The normalized spacial score (nSPS) is 21.2. The van der Waals surface area contributed by atoms with Gasteiger partial charge in [-0.25, -0.2) is 0 Å². The molecule has 120 valence electrons. The molecule has 1 saturated heterocycles. The summed E-state index contributed by atoms with van der Waals surface area (Å²) in [6.07, 6.45) is 1.68. The average Bonchev–Trinajstić information content (AvgIpc) is 2.55. The van der Waals surface area contributed by atoms with Gasteiger partial charge in [0, 0.05) is 13.2 Å². The van der Waals surface area contributed by atoms with E-state index < -0.39 is 12.1 Å². The minimum Gasteiger partial charge on any atom is -0.396 e. The number of unbranched alkanes of at least 4 members (excludes halogenated alkanes) is 2. The van der Waals surface area contributed by atoms with Gasteiger partial charge < -0.3 is 20.5 Å². The number of aliphatic hydroxyl groups is 1. The molecular weight excluding hydrogens is 284 g/mol. The molecule has 1 aliphatic rings. The van der Waals surface area contributed by atoms with Crippen LogP contribution in [-0.4, -0.2) is 42.8 Å². The Morgan fingerprint density at radius 3 is 2.77 bits per heavy atom. The predicted octanol–water partition coefficient (Wildman–Crippen LogP) is 0.521. The summed E-state index contributed by atoms with van der Waals surface area (Å²) in [6.45, 7) is 0.599. The molecule has 22 heavy (non-hydrogen) atoms. The van der Waals surface area contributed by atoms with Crippen LogP contribution >= 0.6 is 0 Å². The molecule has 0 aliphatic carbocycles. The first-order chi connectivity index (χ1) is 10.7. The third-order valence-electron chi connectivity index (χ3n) is 3.56. The second-order valence-electron chi connectivity index (χ2n) is 5.26. The fraction of sp³-hybridized carbons (Fsp3) is 0.500. The van der Waals surface area contributed by atoms with Crippen LogP contribution in [0.2, 0.25) is 0 Å². The van der Waals surface area contributed by atoms with Gasteiger partial charge in [0.05, 0.1) is 6.04 Å². The van der Waals surface area contributed by atoms with Crippen molar-refractivity contribution in [2.24, 2.45) is 0 Å². The molecule has 1 aliphatic heterocycles. The van der Waals surface area contributed by atoms with Crippen LogP contribution in [0.1, 0.15) is 30.9 Å². The molecule has 0 bridgehead atoms. The summed E-state index contributed by atoms with van der Waals surface area (Å²) in [5.41, 5.74) is 0.844.